The van der Waals surface area contributed by atoms with E-state index in [9.17, 15) is 0 Å². The molecule has 0 bridgehead atoms. The molecule has 1 aromatic heterocycles. The summed E-state index contributed by atoms with van der Waals surface area (Å²) in [5, 5.41) is 1.18. The monoisotopic (exact) mass is 200 g/mol. The van der Waals surface area contributed by atoms with Crippen molar-refractivity contribution in [3.8, 4) is 0 Å². The molecule has 1 heterocycles. The van der Waals surface area contributed by atoms with Gasteiger partial charge in [0.2, 0.25) is 0 Å². The van der Waals surface area contributed by atoms with Crippen molar-refractivity contribution in [2.75, 3.05) is 0 Å². The second-order valence-electron chi connectivity index (χ2n) is 5.11. The quantitative estimate of drug-likeness (QED) is 0.706. The van der Waals surface area contributed by atoms with Crippen LogP contribution < -0.4 is 0 Å². The van der Waals surface area contributed by atoms with E-state index in [1.54, 1.807) is 6.33 Å². The predicted octanol–water partition coefficient (Wildman–Crippen LogP) is 3.22. The van der Waals surface area contributed by atoms with E-state index in [0.29, 0.717) is 5.41 Å². The highest BCUT2D eigenvalue weighted by molar-refractivity contribution is 5.81. The van der Waals surface area contributed by atoms with E-state index in [2.05, 4.69) is 42.9 Å². The van der Waals surface area contributed by atoms with Gasteiger partial charge in [-0.15, -0.1) is 0 Å². The third-order valence-electron chi connectivity index (χ3n) is 2.36. The molecular formula is C13H16N2. The largest absolute Gasteiger partial charge is 0.244 e. The number of benzene rings is 1. The van der Waals surface area contributed by atoms with E-state index < -0.39 is 0 Å². The molecule has 0 atom stereocenters. The highest BCUT2D eigenvalue weighted by Gasteiger charge is 2.13. The fourth-order valence-electron chi connectivity index (χ4n) is 1.79. The van der Waals surface area contributed by atoms with Crippen LogP contribution >= 0.6 is 0 Å². The Balaban J connectivity index is 2.52. The number of nitrogens with zero attached hydrogens (tertiary/aromatic N) is 2. The SMILES string of the molecule is CC(C)(C)Cc1cccc2ncncc12. The van der Waals surface area contributed by atoms with Crippen LogP contribution in [0.25, 0.3) is 10.9 Å². The minimum atomic E-state index is 0.296. The van der Waals surface area contributed by atoms with Crippen LogP contribution in [0.15, 0.2) is 30.7 Å². The molecule has 2 aromatic rings. The maximum absolute atomic E-state index is 4.26. The van der Waals surface area contributed by atoms with E-state index in [-0.39, 0.29) is 0 Å². The Morgan fingerprint density at radius 1 is 1.20 bits per heavy atom. The first-order valence-electron chi connectivity index (χ1n) is 5.24. The van der Waals surface area contributed by atoms with Gasteiger partial charge in [-0.25, -0.2) is 9.97 Å². The fraction of sp³-hybridized carbons (Fsp3) is 0.385. The Morgan fingerprint density at radius 2 is 2.00 bits per heavy atom. The van der Waals surface area contributed by atoms with E-state index in [4.69, 9.17) is 0 Å². The summed E-state index contributed by atoms with van der Waals surface area (Å²) < 4.78 is 0. The predicted molar refractivity (Wildman–Crippen MR) is 62.7 cm³/mol. The van der Waals surface area contributed by atoms with Gasteiger partial charge in [0, 0.05) is 11.6 Å². The minimum absolute atomic E-state index is 0.296. The normalized spacial score (nSPS) is 11.9. The average Bonchev–Trinajstić information content (AvgIpc) is 2.16. The lowest BCUT2D eigenvalue weighted by atomic mass is 9.87. The minimum Gasteiger partial charge on any atom is -0.244 e. The summed E-state index contributed by atoms with van der Waals surface area (Å²) in [6.45, 7) is 6.74. The molecule has 78 valence electrons. The molecular weight excluding hydrogens is 184 g/mol. The molecule has 0 N–H and O–H groups in total. The van der Waals surface area contributed by atoms with Gasteiger partial charge in [-0.1, -0.05) is 32.9 Å². The van der Waals surface area contributed by atoms with Gasteiger partial charge in [-0.05, 0) is 23.5 Å². The zero-order valence-corrected chi connectivity index (χ0v) is 9.49. The number of hydrogen-bond donors (Lipinski definition) is 0. The standard InChI is InChI=1S/C13H16N2/c1-13(2,3)7-10-5-4-6-12-11(10)8-14-9-15-12/h4-6,8-9H,7H2,1-3H3. The molecule has 0 radical (unpaired) electrons. The van der Waals surface area contributed by atoms with Gasteiger partial charge in [0.1, 0.15) is 6.33 Å². The molecule has 1 aromatic carbocycles. The molecule has 2 rings (SSSR count). The second-order valence-corrected chi connectivity index (χ2v) is 5.11. The van der Waals surface area contributed by atoms with Crippen LogP contribution in [-0.2, 0) is 6.42 Å². The lowest BCUT2D eigenvalue weighted by molar-refractivity contribution is 0.412. The third kappa shape index (κ3) is 2.32. The third-order valence-corrected chi connectivity index (χ3v) is 2.36. The van der Waals surface area contributed by atoms with Crippen molar-refractivity contribution in [1.82, 2.24) is 9.97 Å². The van der Waals surface area contributed by atoms with Gasteiger partial charge in [-0.2, -0.15) is 0 Å². The summed E-state index contributed by atoms with van der Waals surface area (Å²) >= 11 is 0. The van der Waals surface area contributed by atoms with Crippen molar-refractivity contribution in [2.45, 2.75) is 27.2 Å². The van der Waals surface area contributed by atoms with Crippen molar-refractivity contribution in [1.29, 1.82) is 0 Å². The Kier molecular flexibility index (Phi) is 2.43. The number of aromatic nitrogens is 2. The Bertz CT molecular complexity index is 464. The first kappa shape index (κ1) is 10.1. The molecule has 2 nitrogen and oxygen atoms in total. The van der Waals surface area contributed by atoms with Crippen molar-refractivity contribution in [3.05, 3.63) is 36.3 Å². The maximum atomic E-state index is 4.26. The van der Waals surface area contributed by atoms with Crippen LogP contribution in [0.3, 0.4) is 0 Å². The molecule has 0 amide bonds. The van der Waals surface area contributed by atoms with Crippen LogP contribution in [0, 0.1) is 5.41 Å². The molecule has 0 unspecified atom stereocenters. The van der Waals surface area contributed by atoms with Crippen LogP contribution in [0.4, 0.5) is 0 Å². The molecule has 0 aliphatic heterocycles. The first-order valence-corrected chi connectivity index (χ1v) is 5.24. The van der Waals surface area contributed by atoms with Gasteiger partial charge in [0.05, 0.1) is 5.52 Å². The van der Waals surface area contributed by atoms with Gasteiger partial charge in [-0.3, -0.25) is 0 Å². The van der Waals surface area contributed by atoms with Crippen molar-refractivity contribution < 1.29 is 0 Å². The number of fused-ring (bicyclic) bond motifs is 1. The number of hydrogen-bond acceptors (Lipinski definition) is 2. The van der Waals surface area contributed by atoms with Crippen molar-refractivity contribution >= 4 is 10.9 Å². The summed E-state index contributed by atoms with van der Waals surface area (Å²) in [5.41, 5.74) is 2.66. The molecule has 0 aliphatic rings. The van der Waals surface area contributed by atoms with Gasteiger partial charge >= 0.3 is 0 Å². The molecule has 0 saturated heterocycles. The highest BCUT2D eigenvalue weighted by Crippen LogP contribution is 2.25. The summed E-state index contributed by atoms with van der Waals surface area (Å²) in [4.78, 5) is 8.35. The fourth-order valence-corrected chi connectivity index (χ4v) is 1.79. The van der Waals surface area contributed by atoms with Crippen LogP contribution in [0.1, 0.15) is 26.3 Å². The lowest BCUT2D eigenvalue weighted by Gasteiger charge is -2.18. The zero-order chi connectivity index (χ0) is 10.9. The lowest BCUT2D eigenvalue weighted by Crippen LogP contribution is -2.09. The molecule has 0 saturated carbocycles. The van der Waals surface area contributed by atoms with Gasteiger partial charge in [0.15, 0.2) is 0 Å². The molecule has 0 fully saturated rings. The van der Waals surface area contributed by atoms with E-state index in [0.717, 1.165) is 11.9 Å². The zero-order valence-electron chi connectivity index (χ0n) is 9.49. The molecule has 15 heavy (non-hydrogen) atoms. The molecule has 0 aliphatic carbocycles. The van der Waals surface area contributed by atoms with Gasteiger partial charge < -0.3 is 0 Å². The Labute approximate surface area is 90.4 Å². The van der Waals surface area contributed by atoms with Crippen molar-refractivity contribution in [3.63, 3.8) is 0 Å². The topological polar surface area (TPSA) is 25.8 Å². The Morgan fingerprint density at radius 3 is 2.73 bits per heavy atom. The van der Waals surface area contributed by atoms with Crippen LogP contribution in [-0.4, -0.2) is 9.97 Å². The smallest absolute Gasteiger partial charge is 0.116 e. The van der Waals surface area contributed by atoms with E-state index >= 15 is 0 Å². The number of rotatable bonds is 1. The first-order chi connectivity index (χ1) is 7.06. The summed E-state index contributed by atoms with van der Waals surface area (Å²) in [6, 6.07) is 6.26. The van der Waals surface area contributed by atoms with Crippen molar-refractivity contribution in [2.24, 2.45) is 5.41 Å². The van der Waals surface area contributed by atoms with Crippen LogP contribution in [0.5, 0.6) is 0 Å². The Hall–Kier alpha value is -1.44. The highest BCUT2D eigenvalue weighted by atomic mass is 14.8. The average molecular weight is 200 g/mol. The molecule has 0 spiro atoms. The summed E-state index contributed by atoms with van der Waals surface area (Å²) in [7, 11) is 0. The second kappa shape index (κ2) is 3.61. The van der Waals surface area contributed by atoms with Crippen LogP contribution in [0.2, 0.25) is 0 Å². The van der Waals surface area contributed by atoms with E-state index in [1.807, 2.05) is 12.3 Å². The maximum Gasteiger partial charge on any atom is 0.116 e. The molecule has 2 heteroatoms. The van der Waals surface area contributed by atoms with Gasteiger partial charge in [0.25, 0.3) is 0 Å². The van der Waals surface area contributed by atoms with E-state index in [1.165, 1.54) is 10.9 Å². The summed E-state index contributed by atoms with van der Waals surface area (Å²) in [6.07, 6.45) is 4.56. The summed E-state index contributed by atoms with van der Waals surface area (Å²) in [5.74, 6) is 0.